The Morgan fingerprint density at radius 1 is 1.30 bits per heavy atom. The molecule has 0 atom stereocenters. The molecule has 0 aromatic heterocycles. The smallest absolute Gasteiger partial charge is 0.226 e. The number of hydrazine groups is 1. The molecule has 0 saturated carbocycles. The van der Waals surface area contributed by atoms with Crippen LogP contribution >= 0.6 is 15.9 Å². The molecule has 13 heteroatoms. The summed E-state index contributed by atoms with van der Waals surface area (Å²) < 4.78 is 42.9. The van der Waals surface area contributed by atoms with E-state index < -0.39 is 15.8 Å². The van der Waals surface area contributed by atoms with Gasteiger partial charge in [-0.25, -0.2) is 17.8 Å². The molecule has 0 unspecified atom stereocenters. The Morgan fingerprint density at radius 3 is 2.74 bits per heavy atom. The molecular formula is C14H19BrFN5O5S. The van der Waals surface area contributed by atoms with Crippen LogP contribution in [0.15, 0.2) is 34.7 Å². The van der Waals surface area contributed by atoms with Gasteiger partial charge in [-0.05, 0) is 34.1 Å². The SMILES string of the molecule is O=S(=O)(CCNC1=CN(c2ccc(F)c(Br)c2)ON1O)NN1CCOCC1. The first-order valence-corrected chi connectivity index (χ1v) is 10.5. The maximum Gasteiger partial charge on any atom is 0.226 e. The molecule has 0 spiro atoms. The second-order valence-electron chi connectivity index (χ2n) is 5.73. The maximum absolute atomic E-state index is 13.3. The zero-order valence-electron chi connectivity index (χ0n) is 14.1. The van der Waals surface area contributed by atoms with Gasteiger partial charge in [-0.1, -0.05) is 5.23 Å². The van der Waals surface area contributed by atoms with Crippen molar-refractivity contribution >= 4 is 31.6 Å². The standard InChI is InChI=1S/C14H19BrFN5O5S/c15-12-9-11(1-2-13(12)16)20-10-14(21(22)26-20)17-3-8-27(23,24)18-19-4-6-25-7-5-19/h1-2,9-10,17-18,22H,3-8H2. The van der Waals surface area contributed by atoms with E-state index in [1.807, 2.05) is 0 Å². The van der Waals surface area contributed by atoms with Gasteiger partial charge in [0.2, 0.25) is 10.0 Å². The van der Waals surface area contributed by atoms with Crippen molar-refractivity contribution in [3.05, 3.63) is 40.5 Å². The van der Waals surface area contributed by atoms with Crippen molar-refractivity contribution in [1.29, 1.82) is 0 Å². The molecule has 0 radical (unpaired) electrons. The molecule has 2 aliphatic rings. The van der Waals surface area contributed by atoms with Gasteiger partial charge in [0.15, 0.2) is 5.82 Å². The summed E-state index contributed by atoms with van der Waals surface area (Å²) in [5.74, 6) is -0.506. The van der Waals surface area contributed by atoms with Gasteiger partial charge in [0, 0.05) is 19.6 Å². The van der Waals surface area contributed by atoms with Crippen LogP contribution in [0.2, 0.25) is 0 Å². The van der Waals surface area contributed by atoms with Gasteiger partial charge in [-0.3, -0.25) is 5.21 Å². The molecule has 27 heavy (non-hydrogen) atoms. The third-order valence-corrected chi connectivity index (χ3v) is 5.61. The Labute approximate surface area is 164 Å². The van der Waals surface area contributed by atoms with Gasteiger partial charge in [-0.2, -0.15) is 5.06 Å². The molecule has 10 nitrogen and oxygen atoms in total. The number of nitrogens with one attached hydrogen (secondary N) is 2. The minimum atomic E-state index is -3.54. The largest absolute Gasteiger partial charge is 0.379 e. The van der Waals surface area contributed by atoms with Crippen LogP contribution in [0.3, 0.4) is 0 Å². The first-order valence-electron chi connectivity index (χ1n) is 8.04. The monoisotopic (exact) mass is 467 g/mol. The molecule has 1 fully saturated rings. The molecule has 1 saturated heterocycles. The van der Waals surface area contributed by atoms with Crippen molar-refractivity contribution in [3.8, 4) is 0 Å². The number of hydroxylamine groups is 3. The fourth-order valence-corrected chi connectivity index (χ4v) is 3.78. The summed E-state index contributed by atoms with van der Waals surface area (Å²) >= 11 is 3.07. The van der Waals surface area contributed by atoms with Crippen LogP contribution < -0.4 is 15.2 Å². The Balaban J connectivity index is 1.53. The van der Waals surface area contributed by atoms with E-state index in [0.717, 1.165) is 0 Å². The van der Waals surface area contributed by atoms with Gasteiger partial charge < -0.3 is 10.1 Å². The number of hydrogen-bond acceptors (Lipinski definition) is 9. The highest BCUT2D eigenvalue weighted by molar-refractivity contribution is 9.10. The van der Waals surface area contributed by atoms with E-state index in [-0.39, 0.29) is 22.6 Å². The predicted octanol–water partition coefficient (Wildman–Crippen LogP) is 0.501. The van der Waals surface area contributed by atoms with Crippen LogP contribution in [-0.2, 0) is 19.7 Å². The average molecular weight is 468 g/mol. The van der Waals surface area contributed by atoms with Crippen molar-refractivity contribution in [2.75, 3.05) is 43.7 Å². The molecule has 1 aromatic rings. The molecule has 0 aliphatic carbocycles. The lowest BCUT2D eigenvalue weighted by molar-refractivity contribution is -0.306. The summed E-state index contributed by atoms with van der Waals surface area (Å²) in [4.78, 5) is 7.58. The van der Waals surface area contributed by atoms with Gasteiger partial charge >= 0.3 is 0 Å². The molecular weight excluding hydrogens is 449 g/mol. The number of morpholine rings is 1. The van der Waals surface area contributed by atoms with E-state index in [2.05, 4.69) is 26.1 Å². The summed E-state index contributed by atoms with van der Waals surface area (Å²) in [7, 11) is -3.54. The first-order chi connectivity index (χ1) is 12.8. The first kappa shape index (κ1) is 20.3. The molecule has 2 heterocycles. The average Bonchev–Trinajstić information content (AvgIpc) is 2.98. The number of hydrogen-bond donors (Lipinski definition) is 3. The van der Waals surface area contributed by atoms with Crippen LogP contribution in [0.1, 0.15) is 0 Å². The third kappa shape index (κ3) is 5.51. The Kier molecular flexibility index (Phi) is 6.52. The highest BCUT2D eigenvalue weighted by Gasteiger charge is 2.24. The summed E-state index contributed by atoms with van der Waals surface area (Å²) in [5.41, 5.74) is 0.459. The van der Waals surface area contributed by atoms with Crippen LogP contribution in [-0.4, -0.2) is 62.5 Å². The lowest BCUT2D eigenvalue weighted by atomic mass is 10.3. The maximum atomic E-state index is 13.3. The number of rotatable bonds is 7. The Morgan fingerprint density at radius 2 is 2.04 bits per heavy atom. The van der Waals surface area contributed by atoms with Crippen LogP contribution in [0.5, 0.6) is 0 Å². The topological polar surface area (TPSA) is 107 Å². The van der Waals surface area contributed by atoms with E-state index in [1.54, 1.807) is 5.01 Å². The number of sulfonamides is 1. The summed E-state index contributed by atoms with van der Waals surface area (Å²) in [5, 5.41) is 15.8. The van der Waals surface area contributed by atoms with Crippen LogP contribution in [0, 0.1) is 5.82 Å². The van der Waals surface area contributed by atoms with E-state index in [0.29, 0.717) is 37.2 Å². The minimum Gasteiger partial charge on any atom is -0.379 e. The summed E-state index contributed by atoms with van der Waals surface area (Å²) in [6.07, 6.45) is 1.40. The lowest BCUT2D eigenvalue weighted by Crippen LogP contribution is -2.49. The summed E-state index contributed by atoms with van der Waals surface area (Å²) in [6.45, 7) is 1.95. The third-order valence-electron chi connectivity index (χ3n) is 3.72. The molecule has 150 valence electrons. The van der Waals surface area contributed by atoms with E-state index >= 15 is 0 Å². The van der Waals surface area contributed by atoms with Crippen molar-refractivity contribution in [2.24, 2.45) is 0 Å². The molecule has 0 bridgehead atoms. The number of benzene rings is 1. The van der Waals surface area contributed by atoms with E-state index in [9.17, 15) is 18.0 Å². The zero-order valence-corrected chi connectivity index (χ0v) is 16.5. The predicted molar refractivity (Wildman–Crippen MR) is 96.7 cm³/mol. The highest BCUT2D eigenvalue weighted by atomic mass is 79.9. The number of ether oxygens (including phenoxy) is 1. The Bertz CT molecular complexity index is 805. The quantitative estimate of drug-likeness (QED) is 0.528. The fraction of sp³-hybridized carbons (Fsp3) is 0.429. The minimum absolute atomic E-state index is 0.0346. The van der Waals surface area contributed by atoms with Crippen molar-refractivity contribution < 1.29 is 27.7 Å². The Hall–Kier alpha value is -1.48. The van der Waals surface area contributed by atoms with Crippen molar-refractivity contribution in [2.45, 2.75) is 0 Å². The number of halogens is 2. The zero-order chi connectivity index (χ0) is 19.4. The second kappa shape index (κ2) is 8.68. The van der Waals surface area contributed by atoms with Crippen LogP contribution in [0.4, 0.5) is 10.1 Å². The second-order valence-corrected chi connectivity index (χ2v) is 8.40. The molecule has 0 amide bonds. The number of anilines is 1. The lowest BCUT2D eigenvalue weighted by Gasteiger charge is -2.26. The van der Waals surface area contributed by atoms with Gasteiger partial charge in [-0.15, -0.1) is 9.77 Å². The normalized spacial score (nSPS) is 18.7. The van der Waals surface area contributed by atoms with Gasteiger partial charge in [0.25, 0.3) is 0 Å². The number of nitrogens with zero attached hydrogens (tertiary/aromatic N) is 3. The molecule has 3 N–H and O–H groups in total. The molecule has 1 aromatic carbocycles. The highest BCUT2D eigenvalue weighted by Crippen LogP contribution is 2.27. The van der Waals surface area contributed by atoms with Crippen LogP contribution in [0.25, 0.3) is 0 Å². The van der Waals surface area contributed by atoms with Gasteiger partial charge in [0.05, 0.1) is 35.3 Å². The van der Waals surface area contributed by atoms with E-state index in [1.165, 1.54) is 29.5 Å². The van der Waals surface area contributed by atoms with Crippen molar-refractivity contribution in [3.63, 3.8) is 0 Å². The van der Waals surface area contributed by atoms with Crippen molar-refractivity contribution in [1.82, 2.24) is 20.4 Å². The molecule has 2 aliphatic heterocycles. The fourth-order valence-electron chi connectivity index (χ4n) is 2.38. The van der Waals surface area contributed by atoms with E-state index in [4.69, 9.17) is 9.68 Å². The summed E-state index contributed by atoms with van der Waals surface area (Å²) in [6, 6.07) is 4.18. The molecule has 3 rings (SSSR count). The van der Waals surface area contributed by atoms with Gasteiger partial charge in [0.1, 0.15) is 5.82 Å².